The second-order valence-electron chi connectivity index (χ2n) is 6.37. The summed E-state index contributed by atoms with van der Waals surface area (Å²) in [6.45, 7) is 2.38. The van der Waals surface area contributed by atoms with Gasteiger partial charge in [-0.2, -0.15) is 0 Å². The number of ether oxygens (including phenoxy) is 2. The Kier molecular flexibility index (Phi) is 7.19. The lowest BCUT2D eigenvalue weighted by atomic mass is 10.2. The first kappa shape index (κ1) is 20.8. The van der Waals surface area contributed by atoms with E-state index in [1.807, 2.05) is 55.5 Å². The highest BCUT2D eigenvalue weighted by atomic mass is 32.2. The van der Waals surface area contributed by atoms with Gasteiger partial charge in [0.25, 0.3) is 0 Å². The predicted molar refractivity (Wildman–Crippen MR) is 114 cm³/mol. The van der Waals surface area contributed by atoms with Crippen molar-refractivity contribution in [2.75, 3.05) is 20.0 Å². The molecule has 152 valence electrons. The number of aromatic nitrogens is 1. The maximum Gasteiger partial charge on any atom is 0.230 e. The molecule has 0 aliphatic heterocycles. The first-order chi connectivity index (χ1) is 14.1. The number of nitrogens with zero attached hydrogens (tertiary/aromatic N) is 1. The molecule has 7 heteroatoms. The molecular weight excluding hydrogens is 388 g/mol. The molecule has 0 saturated carbocycles. The minimum Gasteiger partial charge on any atom is -0.497 e. The quantitative estimate of drug-likeness (QED) is 0.567. The van der Waals surface area contributed by atoms with E-state index in [4.69, 9.17) is 13.9 Å². The minimum absolute atomic E-state index is 0.0117. The number of thioether (sulfide) groups is 1. The van der Waals surface area contributed by atoms with Crippen LogP contribution in [0.1, 0.15) is 17.0 Å². The fourth-order valence-electron chi connectivity index (χ4n) is 2.65. The minimum atomic E-state index is -0.0117. The van der Waals surface area contributed by atoms with Gasteiger partial charge in [-0.05, 0) is 48.9 Å². The standard InChI is InChI=1S/C22H24N2O4S/c1-15-20(24-22(28-15)17-6-10-19(27-3)11-7-17)13-29-14-21(25)23-12-16-4-8-18(26-2)9-5-16/h4-11H,12-14H2,1-3H3,(H,23,25). The molecule has 0 fully saturated rings. The van der Waals surface area contributed by atoms with Crippen molar-refractivity contribution in [3.63, 3.8) is 0 Å². The molecule has 0 radical (unpaired) electrons. The van der Waals surface area contributed by atoms with Crippen molar-refractivity contribution in [1.82, 2.24) is 10.3 Å². The molecule has 0 spiro atoms. The second kappa shape index (κ2) is 10.0. The Morgan fingerprint density at radius 3 is 2.28 bits per heavy atom. The third kappa shape index (κ3) is 5.77. The van der Waals surface area contributed by atoms with Crippen LogP contribution in [-0.4, -0.2) is 30.9 Å². The van der Waals surface area contributed by atoms with Crippen molar-refractivity contribution in [2.24, 2.45) is 0 Å². The van der Waals surface area contributed by atoms with Crippen LogP contribution in [-0.2, 0) is 17.1 Å². The molecule has 2 aromatic carbocycles. The lowest BCUT2D eigenvalue weighted by Crippen LogP contribution is -2.24. The van der Waals surface area contributed by atoms with Gasteiger partial charge in [-0.1, -0.05) is 12.1 Å². The molecule has 1 heterocycles. The molecule has 0 aliphatic rings. The van der Waals surface area contributed by atoms with Gasteiger partial charge < -0.3 is 19.2 Å². The zero-order valence-electron chi connectivity index (χ0n) is 16.7. The number of amides is 1. The average Bonchev–Trinajstić information content (AvgIpc) is 3.13. The zero-order chi connectivity index (χ0) is 20.6. The third-order valence-corrected chi connectivity index (χ3v) is 5.29. The maximum absolute atomic E-state index is 12.1. The van der Waals surface area contributed by atoms with Crippen molar-refractivity contribution in [3.8, 4) is 23.0 Å². The lowest BCUT2D eigenvalue weighted by molar-refractivity contribution is -0.118. The number of hydrogen-bond donors (Lipinski definition) is 1. The van der Waals surface area contributed by atoms with E-state index in [-0.39, 0.29) is 5.91 Å². The average molecular weight is 413 g/mol. The van der Waals surface area contributed by atoms with Crippen LogP contribution in [0, 0.1) is 6.92 Å². The van der Waals surface area contributed by atoms with Gasteiger partial charge in [0.05, 0.1) is 25.7 Å². The largest absolute Gasteiger partial charge is 0.497 e. The summed E-state index contributed by atoms with van der Waals surface area (Å²) >= 11 is 1.51. The van der Waals surface area contributed by atoms with E-state index in [0.717, 1.165) is 34.1 Å². The van der Waals surface area contributed by atoms with Crippen LogP contribution in [0.4, 0.5) is 0 Å². The Bertz CT molecular complexity index is 936. The fraction of sp³-hybridized carbons (Fsp3) is 0.273. The summed E-state index contributed by atoms with van der Waals surface area (Å²) in [4.78, 5) is 16.7. The first-order valence-electron chi connectivity index (χ1n) is 9.17. The van der Waals surface area contributed by atoms with Crippen LogP contribution in [0.5, 0.6) is 11.5 Å². The van der Waals surface area contributed by atoms with Crippen LogP contribution >= 0.6 is 11.8 Å². The van der Waals surface area contributed by atoms with E-state index in [9.17, 15) is 4.79 Å². The zero-order valence-corrected chi connectivity index (χ0v) is 17.5. The molecule has 0 unspecified atom stereocenters. The smallest absolute Gasteiger partial charge is 0.230 e. The molecule has 6 nitrogen and oxygen atoms in total. The van der Waals surface area contributed by atoms with Crippen LogP contribution in [0.2, 0.25) is 0 Å². The maximum atomic E-state index is 12.1. The molecule has 1 aromatic heterocycles. The molecule has 3 aromatic rings. The van der Waals surface area contributed by atoms with E-state index < -0.39 is 0 Å². The lowest BCUT2D eigenvalue weighted by Gasteiger charge is -2.06. The van der Waals surface area contributed by atoms with Gasteiger partial charge in [0.1, 0.15) is 17.3 Å². The highest BCUT2D eigenvalue weighted by Crippen LogP contribution is 2.25. The predicted octanol–water partition coefficient (Wildman–Crippen LogP) is 4.22. The summed E-state index contributed by atoms with van der Waals surface area (Å²) in [6.07, 6.45) is 0. The Morgan fingerprint density at radius 1 is 1.03 bits per heavy atom. The van der Waals surface area contributed by atoms with Gasteiger partial charge in [0, 0.05) is 17.9 Å². The number of carbonyl (C=O) groups excluding carboxylic acids is 1. The summed E-state index contributed by atoms with van der Waals surface area (Å²) in [6, 6.07) is 15.2. The topological polar surface area (TPSA) is 73.6 Å². The number of aryl methyl sites for hydroxylation is 1. The molecule has 0 saturated heterocycles. The summed E-state index contributed by atoms with van der Waals surface area (Å²) in [5, 5.41) is 2.92. The highest BCUT2D eigenvalue weighted by Gasteiger charge is 2.12. The molecule has 0 aliphatic carbocycles. The van der Waals surface area contributed by atoms with Gasteiger partial charge in [-0.15, -0.1) is 11.8 Å². The number of methoxy groups -OCH3 is 2. The molecule has 1 amide bonds. The molecular formula is C22H24N2O4S. The van der Waals surface area contributed by atoms with Crippen LogP contribution in [0.15, 0.2) is 52.9 Å². The number of nitrogens with one attached hydrogen (secondary N) is 1. The van der Waals surface area contributed by atoms with Gasteiger partial charge >= 0.3 is 0 Å². The fourth-order valence-corrected chi connectivity index (χ4v) is 3.51. The highest BCUT2D eigenvalue weighted by molar-refractivity contribution is 7.99. The normalized spacial score (nSPS) is 10.6. The van der Waals surface area contributed by atoms with Crippen molar-refractivity contribution in [2.45, 2.75) is 19.2 Å². The van der Waals surface area contributed by atoms with Crippen molar-refractivity contribution < 1.29 is 18.7 Å². The van der Waals surface area contributed by atoms with Crippen LogP contribution < -0.4 is 14.8 Å². The van der Waals surface area contributed by atoms with Gasteiger partial charge in [-0.3, -0.25) is 4.79 Å². The summed E-state index contributed by atoms with van der Waals surface area (Å²) < 4.78 is 16.1. The Balaban J connectivity index is 1.47. The third-order valence-electron chi connectivity index (χ3n) is 4.35. The Labute approximate surface area is 174 Å². The van der Waals surface area contributed by atoms with Crippen molar-refractivity contribution in [3.05, 3.63) is 65.5 Å². The van der Waals surface area contributed by atoms with E-state index >= 15 is 0 Å². The molecule has 0 atom stereocenters. The number of oxazole rings is 1. The van der Waals surface area contributed by atoms with Crippen molar-refractivity contribution in [1.29, 1.82) is 0 Å². The second-order valence-corrected chi connectivity index (χ2v) is 7.35. The SMILES string of the molecule is COc1ccc(CNC(=O)CSCc2nc(-c3ccc(OC)cc3)oc2C)cc1. The van der Waals surface area contributed by atoms with Gasteiger partial charge in [0.2, 0.25) is 11.8 Å². The monoisotopic (exact) mass is 412 g/mol. The molecule has 3 rings (SSSR count). The summed E-state index contributed by atoms with van der Waals surface area (Å²) in [5.41, 5.74) is 2.77. The Hall–Kier alpha value is -2.93. The van der Waals surface area contributed by atoms with Crippen LogP contribution in [0.25, 0.3) is 11.5 Å². The van der Waals surface area contributed by atoms with Crippen molar-refractivity contribution >= 4 is 17.7 Å². The van der Waals surface area contributed by atoms with E-state index in [2.05, 4.69) is 10.3 Å². The summed E-state index contributed by atoms with van der Waals surface area (Å²) in [7, 11) is 3.26. The number of hydrogen-bond acceptors (Lipinski definition) is 6. The molecule has 29 heavy (non-hydrogen) atoms. The van der Waals surface area contributed by atoms with E-state index in [0.29, 0.717) is 23.9 Å². The first-order valence-corrected chi connectivity index (χ1v) is 10.3. The van der Waals surface area contributed by atoms with Gasteiger partial charge in [-0.25, -0.2) is 4.98 Å². The van der Waals surface area contributed by atoms with Gasteiger partial charge in [0.15, 0.2) is 0 Å². The number of carbonyl (C=O) groups is 1. The molecule has 1 N–H and O–H groups in total. The van der Waals surface area contributed by atoms with E-state index in [1.54, 1.807) is 14.2 Å². The molecule has 0 bridgehead atoms. The number of rotatable bonds is 9. The summed E-state index contributed by atoms with van der Waals surface area (Å²) in [5.74, 6) is 3.89. The van der Waals surface area contributed by atoms with E-state index in [1.165, 1.54) is 11.8 Å². The van der Waals surface area contributed by atoms with Crippen LogP contribution in [0.3, 0.4) is 0 Å². The Morgan fingerprint density at radius 2 is 1.66 bits per heavy atom. The number of benzene rings is 2.